The van der Waals surface area contributed by atoms with Crippen LogP contribution in [0.4, 0.5) is 0 Å². The molecule has 104 valence electrons. The van der Waals surface area contributed by atoms with Crippen LogP contribution in [0.1, 0.15) is 33.3 Å². The van der Waals surface area contributed by atoms with Gasteiger partial charge in [-0.25, -0.2) is 0 Å². The zero-order chi connectivity index (χ0) is 14.0. The first-order valence-corrected chi connectivity index (χ1v) is 6.66. The number of carbonyl (C=O) groups excluding carboxylic acids is 1. The van der Waals surface area contributed by atoms with Gasteiger partial charge in [-0.1, -0.05) is 6.07 Å². The summed E-state index contributed by atoms with van der Waals surface area (Å²) in [4.78, 5) is 13.6. The van der Waals surface area contributed by atoms with Crippen molar-refractivity contribution in [2.45, 2.75) is 46.2 Å². The molecular weight excluding hydrogens is 242 g/mol. The molecule has 1 aliphatic rings. The van der Waals surface area contributed by atoms with E-state index in [-0.39, 0.29) is 18.0 Å². The van der Waals surface area contributed by atoms with E-state index in [4.69, 9.17) is 9.47 Å². The second-order valence-electron chi connectivity index (χ2n) is 5.26. The third kappa shape index (κ3) is 3.00. The molecule has 0 aromatic heterocycles. The van der Waals surface area contributed by atoms with Crippen LogP contribution in [-0.2, 0) is 11.2 Å². The molecule has 1 unspecified atom stereocenters. The number of nitrogens with zero attached hydrogens (tertiary/aromatic N) is 1. The molecule has 1 aromatic carbocycles. The smallest absolute Gasteiger partial charge is 0.231 e. The highest BCUT2D eigenvalue weighted by atomic mass is 16.7. The number of benzene rings is 1. The predicted molar refractivity (Wildman–Crippen MR) is 73.4 cm³/mol. The molecule has 1 heterocycles. The van der Waals surface area contributed by atoms with Crippen molar-refractivity contribution in [2.75, 3.05) is 6.79 Å². The van der Waals surface area contributed by atoms with Gasteiger partial charge in [0.25, 0.3) is 0 Å². The second kappa shape index (κ2) is 5.51. The van der Waals surface area contributed by atoms with E-state index < -0.39 is 0 Å². The molecule has 0 saturated carbocycles. The van der Waals surface area contributed by atoms with Crippen LogP contribution in [0.25, 0.3) is 0 Å². The van der Waals surface area contributed by atoms with E-state index in [1.54, 1.807) is 6.92 Å². The number of hydrogen-bond acceptors (Lipinski definition) is 3. The minimum Gasteiger partial charge on any atom is -0.454 e. The van der Waals surface area contributed by atoms with Crippen molar-refractivity contribution < 1.29 is 14.3 Å². The number of carbonyl (C=O) groups is 1. The van der Waals surface area contributed by atoms with Gasteiger partial charge in [0.1, 0.15) is 0 Å². The molecule has 1 aromatic rings. The summed E-state index contributed by atoms with van der Waals surface area (Å²) in [5.74, 6) is 1.70. The highest BCUT2D eigenvalue weighted by Crippen LogP contribution is 2.33. The van der Waals surface area contributed by atoms with Crippen LogP contribution in [0.5, 0.6) is 11.5 Å². The minimum atomic E-state index is 0.114. The van der Waals surface area contributed by atoms with E-state index in [2.05, 4.69) is 6.92 Å². The van der Waals surface area contributed by atoms with Gasteiger partial charge in [-0.05, 0) is 44.9 Å². The Labute approximate surface area is 114 Å². The maximum atomic E-state index is 11.7. The molecule has 0 saturated heterocycles. The molecule has 0 spiro atoms. The van der Waals surface area contributed by atoms with Crippen molar-refractivity contribution in [3.63, 3.8) is 0 Å². The summed E-state index contributed by atoms with van der Waals surface area (Å²) in [5, 5.41) is 0. The molecule has 0 N–H and O–H groups in total. The van der Waals surface area contributed by atoms with Crippen molar-refractivity contribution in [3.8, 4) is 11.5 Å². The monoisotopic (exact) mass is 263 g/mol. The largest absolute Gasteiger partial charge is 0.454 e. The van der Waals surface area contributed by atoms with Crippen molar-refractivity contribution >= 4 is 5.91 Å². The summed E-state index contributed by atoms with van der Waals surface area (Å²) < 4.78 is 10.7. The first-order valence-electron chi connectivity index (χ1n) is 6.66. The lowest BCUT2D eigenvalue weighted by Gasteiger charge is -2.32. The maximum absolute atomic E-state index is 11.7. The Balaban J connectivity index is 2.09. The number of rotatable bonds is 4. The lowest BCUT2D eigenvalue weighted by atomic mass is 10.0. The van der Waals surface area contributed by atoms with Gasteiger partial charge < -0.3 is 14.4 Å². The Morgan fingerprint density at radius 1 is 1.26 bits per heavy atom. The van der Waals surface area contributed by atoms with E-state index in [0.717, 1.165) is 23.5 Å². The summed E-state index contributed by atoms with van der Waals surface area (Å²) in [5.41, 5.74) is 1.16. The summed E-state index contributed by atoms with van der Waals surface area (Å²) in [6, 6.07) is 6.33. The van der Waals surface area contributed by atoms with Gasteiger partial charge in [0.05, 0.1) is 0 Å². The van der Waals surface area contributed by atoms with Crippen LogP contribution in [0.3, 0.4) is 0 Å². The first-order chi connectivity index (χ1) is 8.99. The summed E-state index contributed by atoms with van der Waals surface area (Å²) in [7, 11) is 0. The molecular formula is C15H21NO3. The van der Waals surface area contributed by atoms with Crippen LogP contribution >= 0.6 is 0 Å². The number of hydrogen-bond donors (Lipinski definition) is 0. The predicted octanol–water partition coefficient (Wildman–Crippen LogP) is 2.60. The Bertz CT molecular complexity index is 470. The maximum Gasteiger partial charge on any atom is 0.231 e. The average Bonchev–Trinajstić information content (AvgIpc) is 2.74. The zero-order valence-corrected chi connectivity index (χ0v) is 12.0. The van der Waals surface area contributed by atoms with Crippen molar-refractivity contribution in [1.29, 1.82) is 0 Å². The highest BCUT2D eigenvalue weighted by Gasteiger charge is 2.21. The lowest BCUT2D eigenvalue weighted by Crippen LogP contribution is -2.43. The molecule has 1 amide bonds. The molecule has 1 aliphatic heterocycles. The topological polar surface area (TPSA) is 38.8 Å². The SMILES string of the molecule is CC(=O)N(C(C)C)C(C)Cc1ccc2c(c1)OCO2. The fourth-order valence-electron chi connectivity index (χ4n) is 2.69. The number of ether oxygens (including phenoxy) is 2. The Kier molecular flexibility index (Phi) is 3.98. The van der Waals surface area contributed by atoms with E-state index >= 15 is 0 Å². The first kappa shape index (κ1) is 13.7. The number of amides is 1. The van der Waals surface area contributed by atoms with E-state index in [1.807, 2.05) is 36.9 Å². The van der Waals surface area contributed by atoms with Crippen molar-refractivity contribution in [1.82, 2.24) is 4.90 Å². The summed E-state index contributed by atoms with van der Waals surface area (Å²) in [6.07, 6.45) is 0.814. The van der Waals surface area contributed by atoms with Crippen molar-refractivity contribution in [3.05, 3.63) is 23.8 Å². The standard InChI is InChI=1S/C15H21NO3/c1-10(2)16(12(4)17)11(3)7-13-5-6-14-15(8-13)19-9-18-14/h5-6,8,10-11H,7,9H2,1-4H3. The molecule has 4 nitrogen and oxygen atoms in total. The van der Waals surface area contributed by atoms with Gasteiger partial charge in [0.2, 0.25) is 12.7 Å². The fourth-order valence-corrected chi connectivity index (χ4v) is 2.69. The molecule has 1 atom stereocenters. The van der Waals surface area contributed by atoms with Gasteiger partial charge in [0.15, 0.2) is 11.5 Å². The van der Waals surface area contributed by atoms with Crippen LogP contribution in [0.2, 0.25) is 0 Å². The van der Waals surface area contributed by atoms with Gasteiger partial charge in [-0.2, -0.15) is 0 Å². The summed E-state index contributed by atoms with van der Waals surface area (Å²) >= 11 is 0. The Hall–Kier alpha value is -1.71. The highest BCUT2D eigenvalue weighted by molar-refractivity contribution is 5.73. The van der Waals surface area contributed by atoms with Gasteiger partial charge in [-0.15, -0.1) is 0 Å². The third-order valence-corrected chi connectivity index (χ3v) is 3.36. The Morgan fingerprint density at radius 3 is 2.58 bits per heavy atom. The minimum absolute atomic E-state index is 0.114. The molecule has 0 aliphatic carbocycles. The average molecular weight is 263 g/mol. The van der Waals surface area contributed by atoms with Gasteiger partial charge >= 0.3 is 0 Å². The van der Waals surface area contributed by atoms with Gasteiger partial charge in [-0.3, -0.25) is 4.79 Å². The van der Waals surface area contributed by atoms with Crippen LogP contribution in [-0.4, -0.2) is 29.7 Å². The molecule has 0 bridgehead atoms. The third-order valence-electron chi connectivity index (χ3n) is 3.36. The molecule has 0 fully saturated rings. The quantitative estimate of drug-likeness (QED) is 0.838. The zero-order valence-electron chi connectivity index (χ0n) is 12.0. The Morgan fingerprint density at radius 2 is 1.95 bits per heavy atom. The molecule has 4 heteroatoms. The molecule has 0 radical (unpaired) electrons. The van der Waals surface area contributed by atoms with E-state index in [0.29, 0.717) is 6.79 Å². The fraction of sp³-hybridized carbons (Fsp3) is 0.533. The molecule has 2 rings (SSSR count). The van der Waals surface area contributed by atoms with Crippen LogP contribution < -0.4 is 9.47 Å². The lowest BCUT2D eigenvalue weighted by molar-refractivity contribution is -0.132. The number of fused-ring (bicyclic) bond motifs is 1. The van der Waals surface area contributed by atoms with Crippen molar-refractivity contribution in [2.24, 2.45) is 0 Å². The van der Waals surface area contributed by atoms with Crippen LogP contribution in [0, 0.1) is 0 Å². The summed E-state index contributed by atoms with van der Waals surface area (Å²) in [6.45, 7) is 8.07. The van der Waals surface area contributed by atoms with E-state index in [1.165, 1.54) is 0 Å². The normalized spacial score (nSPS) is 14.6. The molecule has 19 heavy (non-hydrogen) atoms. The second-order valence-corrected chi connectivity index (χ2v) is 5.26. The van der Waals surface area contributed by atoms with Gasteiger partial charge in [0, 0.05) is 19.0 Å². The van der Waals surface area contributed by atoms with E-state index in [9.17, 15) is 4.79 Å². The van der Waals surface area contributed by atoms with Crippen LogP contribution in [0.15, 0.2) is 18.2 Å².